The Balaban J connectivity index is 1.40. The summed E-state index contributed by atoms with van der Waals surface area (Å²) in [7, 11) is -1.90. The van der Waals surface area contributed by atoms with E-state index >= 15 is 0 Å². The molecule has 8 rings (SSSR count). The molecule has 0 saturated heterocycles. The molecule has 0 bridgehead atoms. The summed E-state index contributed by atoms with van der Waals surface area (Å²) in [6.45, 7) is 24.1. The minimum Gasteiger partial charge on any atom is -0.310 e. The largest absolute Gasteiger partial charge is 0.310 e. The van der Waals surface area contributed by atoms with Crippen LogP contribution in [0.2, 0.25) is 13.1 Å². The van der Waals surface area contributed by atoms with E-state index in [9.17, 15) is 0 Å². The van der Waals surface area contributed by atoms with Crippen LogP contribution >= 0.6 is 0 Å². The highest BCUT2D eigenvalue weighted by molar-refractivity contribution is 7.03. The van der Waals surface area contributed by atoms with E-state index in [-0.39, 0.29) is 16.2 Å². The van der Waals surface area contributed by atoms with Crippen molar-refractivity contribution in [3.63, 3.8) is 0 Å². The van der Waals surface area contributed by atoms with E-state index in [1.807, 2.05) is 0 Å². The molecule has 0 unspecified atom stereocenters. The van der Waals surface area contributed by atoms with Crippen LogP contribution in [0, 0.1) is 0 Å². The second kappa shape index (κ2) is 11.4. The Morgan fingerprint density at radius 3 is 1.84 bits per heavy atom. The van der Waals surface area contributed by atoms with Crippen molar-refractivity contribution in [2.75, 3.05) is 4.90 Å². The average molecular weight is 682 g/mol. The van der Waals surface area contributed by atoms with Crippen LogP contribution in [0.15, 0.2) is 127 Å². The van der Waals surface area contributed by atoms with Crippen LogP contribution in [-0.4, -0.2) is 8.07 Å². The Morgan fingerprint density at radius 2 is 1.16 bits per heavy atom. The van der Waals surface area contributed by atoms with E-state index in [1.54, 1.807) is 0 Å². The zero-order valence-corrected chi connectivity index (χ0v) is 33.1. The van der Waals surface area contributed by atoms with Gasteiger partial charge >= 0.3 is 0 Å². The summed E-state index contributed by atoms with van der Waals surface area (Å²) in [5.74, 6) is 0. The van der Waals surface area contributed by atoms with Crippen molar-refractivity contribution < 1.29 is 0 Å². The van der Waals surface area contributed by atoms with Crippen LogP contribution in [0.25, 0.3) is 33.4 Å². The number of hydrogen-bond donors (Lipinski definition) is 0. The first kappa shape index (κ1) is 33.5. The molecule has 1 heterocycles. The summed E-state index contributed by atoms with van der Waals surface area (Å²) >= 11 is 0. The summed E-state index contributed by atoms with van der Waals surface area (Å²) in [5, 5.41) is 3.06. The summed E-state index contributed by atoms with van der Waals surface area (Å²) in [5.41, 5.74) is 17.3. The quantitative estimate of drug-likeness (QED) is 0.167. The first-order chi connectivity index (χ1) is 24.1. The maximum atomic E-state index is 2.55. The highest BCUT2D eigenvalue weighted by Gasteiger charge is 2.43. The third-order valence-electron chi connectivity index (χ3n) is 11.7. The average Bonchev–Trinajstić information content (AvgIpc) is 3.48. The lowest BCUT2D eigenvalue weighted by Gasteiger charge is -2.32. The molecule has 6 aromatic rings. The van der Waals surface area contributed by atoms with Gasteiger partial charge in [0, 0.05) is 22.4 Å². The van der Waals surface area contributed by atoms with Gasteiger partial charge in [-0.3, -0.25) is 0 Å². The number of anilines is 3. The minimum absolute atomic E-state index is 0.00295. The minimum atomic E-state index is -1.90. The van der Waals surface area contributed by atoms with E-state index in [4.69, 9.17) is 0 Å². The molecule has 0 spiro atoms. The van der Waals surface area contributed by atoms with Gasteiger partial charge in [-0.1, -0.05) is 166 Å². The number of nitrogens with zero attached hydrogens (tertiary/aromatic N) is 1. The molecule has 0 radical (unpaired) electrons. The van der Waals surface area contributed by atoms with Crippen LogP contribution < -0.4 is 15.3 Å². The Bertz CT molecular complexity index is 2310. The maximum Gasteiger partial charge on any atom is 0.113 e. The molecule has 2 heteroatoms. The number of hydrogen-bond acceptors (Lipinski definition) is 1. The van der Waals surface area contributed by atoms with Gasteiger partial charge < -0.3 is 4.90 Å². The normalized spacial score (nSPS) is 15.2. The fraction of sp³-hybridized carbons (Fsp3) is 0.265. The van der Waals surface area contributed by atoms with Crippen molar-refractivity contribution in [3.8, 4) is 33.4 Å². The fourth-order valence-electron chi connectivity index (χ4n) is 8.89. The first-order valence-electron chi connectivity index (χ1n) is 18.6. The molecule has 0 fully saturated rings. The third-order valence-corrected chi connectivity index (χ3v) is 15.3. The SMILES string of the molecule is CC(C)(C)c1cc2c(c(C(C)(C)C)c1)C(C)(C)c1cccc(N(c3ccc(-c4ccccc4)cc3)c3ccc4c(c3)[Si](C)(C)c3ccccc3-4)c1-2. The van der Waals surface area contributed by atoms with Gasteiger partial charge in [0.2, 0.25) is 0 Å². The molecule has 6 aromatic carbocycles. The highest BCUT2D eigenvalue weighted by Crippen LogP contribution is 2.57. The monoisotopic (exact) mass is 681 g/mol. The lowest BCUT2D eigenvalue weighted by Crippen LogP contribution is -2.49. The Morgan fingerprint density at radius 1 is 0.529 bits per heavy atom. The van der Waals surface area contributed by atoms with Crippen LogP contribution in [0.5, 0.6) is 0 Å². The first-order valence-corrected chi connectivity index (χ1v) is 21.6. The molecule has 0 atom stereocenters. The molecule has 256 valence electrons. The topological polar surface area (TPSA) is 3.24 Å². The van der Waals surface area contributed by atoms with Crippen LogP contribution in [-0.2, 0) is 16.2 Å². The number of benzene rings is 6. The van der Waals surface area contributed by atoms with Crippen molar-refractivity contribution in [2.45, 2.75) is 84.7 Å². The predicted molar refractivity (Wildman–Crippen MR) is 224 cm³/mol. The molecule has 0 N–H and O–H groups in total. The van der Waals surface area contributed by atoms with E-state index in [0.29, 0.717) is 0 Å². The predicted octanol–water partition coefficient (Wildman–Crippen LogP) is 12.5. The molecule has 51 heavy (non-hydrogen) atoms. The van der Waals surface area contributed by atoms with E-state index in [0.717, 1.165) is 0 Å². The second-order valence-electron chi connectivity index (χ2n) is 17.9. The Hall–Kier alpha value is -4.66. The van der Waals surface area contributed by atoms with Crippen molar-refractivity contribution >= 4 is 35.5 Å². The standard InChI is InChI=1S/C49H51NSi/c1-47(2,3)34-29-39-45-40(49(7,8)46(39)41(30-34)48(4,5)6)20-16-21-42(45)50(35-25-23-33(24-26-35)32-17-12-11-13-18-32)36-27-28-38-37-19-14-15-22-43(37)51(9,10)44(38)31-36/h11-31H,1-10H3. The number of rotatable bonds is 4. The zero-order valence-electron chi connectivity index (χ0n) is 32.1. The Labute approximate surface area is 307 Å². The van der Waals surface area contributed by atoms with Crippen LogP contribution in [0.1, 0.15) is 77.6 Å². The van der Waals surface area contributed by atoms with Gasteiger partial charge in [0.25, 0.3) is 0 Å². The molecule has 0 amide bonds. The maximum absolute atomic E-state index is 2.55. The molecule has 0 saturated carbocycles. The van der Waals surface area contributed by atoms with Crippen LogP contribution in [0.3, 0.4) is 0 Å². The lowest BCUT2D eigenvalue weighted by molar-refractivity contribution is 0.545. The molecule has 1 aliphatic heterocycles. The van der Waals surface area contributed by atoms with Crippen molar-refractivity contribution in [3.05, 3.63) is 150 Å². The molecule has 1 aliphatic carbocycles. The van der Waals surface area contributed by atoms with Crippen molar-refractivity contribution in [2.24, 2.45) is 0 Å². The zero-order chi connectivity index (χ0) is 36.1. The fourth-order valence-corrected chi connectivity index (χ4v) is 12.0. The summed E-state index contributed by atoms with van der Waals surface area (Å²) < 4.78 is 0. The highest BCUT2D eigenvalue weighted by atomic mass is 28.3. The van der Waals surface area contributed by atoms with Gasteiger partial charge in [-0.05, 0) is 102 Å². The van der Waals surface area contributed by atoms with E-state index in [2.05, 4.69) is 201 Å². The summed E-state index contributed by atoms with van der Waals surface area (Å²) in [6, 6.07) is 48.4. The molecule has 1 nitrogen and oxygen atoms in total. The Kier molecular flexibility index (Phi) is 7.50. The van der Waals surface area contributed by atoms with Crippen LogP contribution in [0.4, 0.5) is 17.1 Å². The van der Waals surface area contributed by atoms with Gasteiger partial charge in [0.05, 0.1) is 5.69 Å². The molecular weight excluding hydrogens is 631 g/mol. The van der Waals surface area contributed by atoms with Gasteiger partial charge in [-0.2, -0.15) is 0 Å². The van der Waals surface area contributed by atoms with Crippen molar-refractivity contribution in [1.82, 2.24) is 0 Å². The molecule has 0 aromatic heterocycles. The smallest absolute Gasteiger partial charge is 0.113 e. The molecular formula is C49H51NSi. The number of fused-ring (bicyclic) bond motifs is 6. The third kappa shape index (κ3) is 5.25. The van der Waals surface area contributed by atoms with Gasteiger partial charge in [-0.15, -0.1) is 0 Å². The lowest BCUT2D eigenvalue weighted by atomic mass is 9.71. The van der Waals surface area contributed by atoms with Gasteiger partial charge in [0.15, 0.2) is 0 Å². The summed E-state index contributed by atoms with van der Waals surface area (Å²) in [6.07, 6.45) is 0. The van der Waals surface area contributed by atoms with E-state index < -0.39 is 8.07 Å². The van der Waals surface area contributed by atoms with E-state index in [1.165, 1.54) is 83.1 Å². The van der Waals surface area contributed by atoms with Gasteiger partial charge in [-0.25, -0.2) is 0 Å². The van der Waals surface area contributed by atoms with Crippen molar-refractivity contribution in [1.29, 1.82) is 0 Å². The molecule has 2 aliphatic rings. The summed E-state index contributed by atoms with van der Waals surface area (Å²) in [4.78, 5) is 2.55. The van der Waals surface area contributed by atoms with Gasteiger partial charge in [0.1, 0.15) is 8.07 Å². The second-order valence-corrected chi connectivity index (χ2v) is 22.2.